The van der Waals surface area contributed by atoms with E-state index in [9.17, 15) is 5.11 Å². The minimum Gasteiger partial charge on any atom is -0.396 e. The predicted octanol–water partition coefficient (Wildman–Crippen LogP) is 5.19. The molecule has 0 saturated heterocycles. The number of rotatable bonds is 3. The molecule has 0 unspecified atom stereocenters. The molecule has 1 heteroatoms. The highest BCUT2D eigenvalue weighted by Crippen LogP contribution is 2.36. The summed E-state index contributed by atoms with van der Waals surface area (Å²) in [6.07, 6.45) is 0.670. The third-order valence-corrected chi connectivity index (χ3v) is 4.46. The molecule has 1 nitrogen and oxygen atoms in total. The van der Waals surface area contributed by atoms with Crippen molar-refractivity contribution in [2.24, 2.45) is 0 Å². The van der Waals surface area contributed by atoms with Crippen molar-refractivity contribution in [3.8, 4) is 11.1 Å². The van der Waals surface area contributed by atoms with Crippen LogP contribution in [0.5, 0.6) is 0 Å². The fourth-order valence-electron chi connectivity index (χ4n) is 3.41. The Morgan fingerprint density at radius 1 is 0.609 bits per heavy atom. The second-order valence-corrected chi connectivity index (χ2v) is 5.82. The number of fused-ring (bicyclic) bond motifs is 2. The van der Waals surface area contributed by atoms with Crippen LogP contribution < -0.4 is 0 Å². The van der Waals surface area contributed by atoms with Gasteiger partial charge in [-0.15, -0.1) is 0 Å². The van der Waals surface area contributed by atoms with Crippen LogP contribution in [0.1, 0.15) is 5.56 Å². The van der Waals surface area contributed by atoms with Crippen LogP contribution in [0.2, 0.25) is 0 Å². The summed E-state index contributed by atoms with van der Waals surface area (Å²) in [5, 5.41) is 14.5. The van der Waals surface area contributed by atoms with Crippen molar-refractivity contribution in [1.82, 2.24) is 0 Å². The molecule has 0 aliphatic heterocycles. The molecule has 0 heterocycles. The maximum Gasteiger partial charge on any atom is 0.0471 e. The van der Waals surface area contributed by atoms with Gasteiger partial charge in [0.1, 0.15) is 0 Å². The fourth-order valence-corrected chi connectivity index (χ4v) is 3.41. The largest absolute Gasteiger partial charge is 0.396 e. The second kappa shape index (κ2) is 5.86. The van der Waals surface area contributed by atoms with E-state index in [0.717, 1.165) is 0 Å². The summed E-state index contributed by atoms with van der Waals surface area (Å²) < 4.78 is 0. The van der Waals surface area contributed by atoms with Gasteiger partial charge in [-0.2, -0.15) is 0 Å². The lowest BCUT2D eigenvalue weighted by atomic mass is 9.89. The first-order chi connectivity index (χ1) is 11.4. The summed E-state index contributed by atoms with van der Waals surface area (Å²) in [5.41, 5.74) is 3.68. The Morgan fingerprint density at radius 3 is 2.04 bits per heavy atom. The molecule has 4 aromatic rings. The van der Waals surface area contributed by atoms with Gasteiger partial charge in [0, 0.05) is 6.61 Å². The van der Waals surface area contributed by atoms with E-state index in [1.54, 1.807) is 0 Å². The van der Waals surface area contributed by atoms with Crippen molar-refractivity contribution >= 4 is 21.5 Å². The van der Waals surface area contributed by atoms with Crippen LogP contribution in [-0.4, -0.2) is 11.7 Å². The van der Waals surface area contributed by atoms with Crippen LogP contribution in [0.15, 0.2) is 78.9 Å². The first-order valence-electron chi connectivity index (χ1n) is 7.98. The van der Waals surface area contributed by atoms with Crippen LogP contribution in [0.25, 0.3) is 32.7 Å². The zero-order valence-corrected chi connectivity index (χ0v) is 12.9. The van der Waals surface area contributed by atoms with E-state index in [1.165, 1.54) is 38.2 Å². The minimum absolute atomic E-state index is 0.163. The summed E-state index contributed by atoms with van der Waals surface area (Å²) in [6, 6.07) is 27.7. The third-order valence-electron chi connectivity index (χ3n) is 4.46. The molecule has 0 fully saturated rings. The van der Waals surface area contributed by atoms with Crippen LogP contribution in [-0.2, 0) is 6.42 Å². The second-order valence-electron chi connectivity index (χ2n) is 5.82. The minimum atomic E-state index is 0.163. The molecule has 0 saturated carbocycles. The average molecular weight is 298 g/mol. The van der Waals surface area contributed by atoms with Crippen LogP contribution in [0.3, 0.4) is 0 Å². The molecule has 0 aromatic heterocycles. The molecule has 112 valence electrons. The molecule has 0 amide bonds. The summed E-state index contributed by atoms with van der Waals surface area (Å²) in [7, 11) is 0. The van der Waals surface area contributed by atoms with Gasteiger partial charge in [-0.3, -0.25) is 0 Å². The summed E-state index contributed by atoms with van der Waals surface area (Å²) in [4.78, 5) is 0. The number of benzene rings is 4. The standard InChI is InChI=1S/C22H18O/c23-15-14-18-13-12-17-7-2-4-10-20(17)22(18)21-11-5-8-16-6-1-3-9-19(16)21/h1-13,23H,14-15H2. The summed E-state index contributed by atoms with van der Waals surface area (Å²) in [6.45, 7) is 0.163. The van der Waals surface area contributed by atoms with Gasteiger partial charge in [0.15, 0.2) is 0 Å². The zero-order valence-electron chi connectivity index (χ0n) is 12.9. The molecule has 4 aromatic carbocycles. The zero-order chi connectivity index (χ0) is 15.6. The maximum atomic E-state index is 9.48. The monoisotopic (exact) mass is 298 g/mol. The Labute approximate surface area is 135 Å². The smallest absolute Gasteiger partial charge is 0.0471 e. The van der Waals surface area contributed by atoms with E-state index < -0.39 is 0 Å². The van der Waals surface area contributed by atoms with Crippen molar-refractivity contribution in [1.29, 1.82) is 0 Å². The van der Waals surface area contributed by atoms with Crippen molar-refractivity contribution < 1.29 is 5.11 Å². The summed E-state index contributed by atoms with van der Waals surface area (Å²) in [5.74, 6) is 0. The Morgan fingerprint density at radius 2 is 1.26 bits per heavy atom. The predicted molar refractivity (Wildman–Crippen MR) is 97.7 cm³/mol. The molecule has 23 heavy (non-hydrogen) atoms. The quantitative estimate of drug-likeness (QED) is 0.551. The van der Waals surface area contributed by atoms with Gasteiger partial charge in [-0.25, -0.2) is 0 Å². The molecule has 0 radical (unpaired) electrons. The molecular formula is C22H18O. The van der Waals surface area contributed by atoms with Gasteiger partial charge in [-0.05, 0) is 44.7 Å². The van der Waals surface area contributed by atoms with Gasteiger partial charge in [0.25, 0.3) is 0 Å². The molecule has 0 aliphatic carbocycles. The third kappa shape index (κ3) is 2.39. The van der Waals surface area contributed by atoms with Crippen LogP contribution >= 0.6 is 0 Å². The molecule has 1 N–H and O–H groups in total. The Hall–Kier alpha value is -2.64. The van der Waals surface area contributed by atoms with Gasteiger partial charge in [0.2, 0.25) is 0 Å². The molecule has 0 aliphatic rings. The van der Waals surface area contributed by atoms with E-state index in [2.05, 4.69) is 78.9 Å². The first-order valence-corrected chi connectivity index (χ1v) is 7.98. The highest BCUT2D eigenvalue weighted by molar-refractivity contribution is 6.06. The lowest BCUT2D eigenvalue weighted by Crippen LogP contribution is -1.96. The molecular weight excluding hydrogens is 280 g/mol. The number of hydrogen-bond acceptors (Lipinski definition) is 1. The Kier molecular flexibility index (Phi) is 3.57. The van der Waals surface area contributed by atoms with Crippen molar-refractivity contribution in [3.63, 3.8) is 0 Å². The number of aliphatic hydroxyl groups excluding tert-OH is 1. The lowest BCUT2D eigenvalue weighted by molar-refractivity contribution is 0.300. The normalized spacial score (nSPS) is 11.2. The van der Waals surface area contributed by atoms with E-state index in [0.29, 0.717) is 6.42 Å². The van der Waals surface area contributed by atoms with Gasteiger partial charge in [-0.1, -0.05) is 78.9 Å². The lowest BCUT2D eigenvalue weighted by Gasteiger charge is -2.15. The molecule has 0 bridgehead atoms. The van der Waals surface area contributed by atoms with Gasteiger partial charge in [0.05, 0.1) is 0 Å². The van der Waals surface area contributed by atoms with Crippen molar-refractivity contribution in [3.05, 3.63) is 84.4 Å². The highest BCUT2D eigenvalue weighted by atomic mass is 16.2. The number of aliphatic hydroxyl groups is 1. The SMILES string of the molecule is OCCc1ccc2ccccc2c1-c1cccc2ccccc12. The van der Waals surface area contributed by atoms with Crippen LogP contribution in [0, 0.1) is 0 Å². The molecule has 0 atom stereocenters. The van der Waals surface area contributed by atoms with Crippen molar-refractivity contribution in [2.45, 2.75) is 6.42 Å². The fraction of sp³-hybridized carbons (Fsp3) is 0.0909. The van der Waals surface area contributed by atoms with E-state index in [-0.39, 0.29) is 6.61 Å². The average Bonchev–Trinajstić information content (AvgIpc) is 2.61. The first kappa shape index (κ1) is 14.0. The van der Waals surface area contributed by atoms with E-state index in [1.807, 2.05) is 0 Å². The topological polar surface area (TPSA) is 20.2 Å². The maximum absolute atomic E-state index is 9.48. The Bertz CT molecular complexity index is 980. The van der Waals surface area contributed by atoms with Gasteiger partial charge < -0.3 is 5.11 Å². The highest BCUT2D eigenvalue weighted by Gasteiger charge is 2.12. The van der Waals surface area contributed by atoms with Crippen LogP contribution in [0.4, 0.5) is 0 Å². The molecule has 0 spiro atoms. The van der Waals surface area contributed by atoms with Gasteiger partial charge >= 0.3 is 0 Å². The molecule has 4 rings (SSSR count). The number of hydrogen-bond donors (Lipinski definition) is 1. The van der Waals surface area contributed by atoms with E-state index >= 15 is 0 Å². The summed E-state index contributed by atoms with van der Waals surface area (Å²) >= 11 is 0. The Balaban J connectivity index is 2.12. The van der Waals surface area contributed by atoms with E-state index in [4.69, 9.17) is 0 Å². The van der Waals surface area contributed by atoms with Crippen molar-refractivity contribution in [2.75, 3.05) is 6.61 Å².